The van der Waals surface area contributed by atoms with Crippen LogP contribution in [0.25, 0.3) is 0 Å². The molecule has 154 valence electrons. The molecule has 0 radical (unpaired) electrons. The molecule has 0 amide bonds. The summed E-state index contributed by atoms with van der Waals surface area (Å²) in [5, 5.41) is 48.5. The molecule has 0 aliphatic rings. The third-order valence-electron chi connectivity index (χ3n) is 4.27. The largest absolute Gasteiger partial charge is 0.504 e. The van der Waals surface area contributed by atoms with Crippen LogP contribution in [0.3, 0.4) is 0 Å². The van der Waals surface area contributed by atoms with Crippen LogP contribution in [-0.2, 0) is 6.42 Å². The minimum Gasteiger partial charge on any atom is -0.504 e. The van der Waals surface area contributed by atoms with E-state index in [0.717, 1.165) is 5.56 Å². The summed E-state index contributed by atoms with van der Waals surface area (Å²) in [5.41, 5.74) is 1.13. The molecule has 28 heavy (non-hydrogen) atoms. The number of aliphatic hydroxyl groups excluding tert-OH is 4. The lowest BCUT2D eigenvalue weighted by atomic mass is 10.0. The lowest BCUT2D eigenvalue weighted by Crippen LogP contribution is -2.29. The minimum absolute atomic E-state index is 0.0674. The number of hydrogen-bond acceptors (Lipinski definition) is 8. The van der Waals surface area contributed by atoms with Gasteiger partial charge in [0.25, 0.3) is 0 Å². The van der Waals surface area contributed by atoms with Gasteiger partial charge in [-0.3, -0.25) is 0 Å². The first-order chi connectivity index (χ1) is 13.4. The van der Waals surface area contributed by atoms with Crippen molar-refractivity contribution in [3.63, 3.8) is 0 Å². The fraction of sp³-hybridized carbons (Fsp3) is 0.400. The van der Waals surface area contributed by atoms with Gasteiger partial charge >= 0.3 is 0 Å². The summed E-state index contributed by atoms with van der Waals surface area (Å²) in [5.74, 6) is 0.782. The van der Waals surface area contributed by atoms with Crippen LogP contribution in [0.15, 0.2) is 36.4 Å². The Kier molecular flexibility index (Phi) is 7.89. The van der Waals surface area contributed by atoms with Gasteiger partial charge < -0.3 is 39.7 Å². The summed E-state index contributed by atoms with van der Waals surface area (Å²) in [6, 6.07) is 9.30. The van der Waals surface area contributed by atoms with Crippen LogP contribution in [0.1, 0.15) is 17.2 Å². The first-order valence-corrected chi connectivity index (χ1v) is 8.71. The third-order valence-corrected chi connectivity index (χ3v) is 4.27. The maximum absolute atomic E-state index is 10.6. The Bertz CT molecular complexity index is 764. The van der Waals surface area contributed by atoms with Gasteiger partial charge in [-0.15, -0.1) is 0 Å². The first-order valence-electron chi connectivity index (χ1n) is 8.71. The van der Waals surface area contributed by atoms with Gasteiger partial charge in [0.05, 0.1) is 33.5 Å². The van der Waals surface area contributed by atoms with Crippen LogP contribution in [0.4, 0.5) is 0 Å². The molecule has 0 aliphatic heterocycles. The Labute approximate surface area is 163 Å². The number of aromatic hydroxyl groups is 1. The quantitative estimate of drug-likeness (QED) is 0.400. The molecule has 2 rings (SSSR count). The summed E-state index contributed by atoms with van der Waals surface area (Å²) in [7, 11) is 2.84. The third kappa shape index (κ3) is 5.26. The summed E-state index contributed by atoms with van der Waals surface area (Å²) >= 11 is 0. The maximum Gasteiger partial charge on any atom is 0.161 e. The van der Waals surface area contributed by atoms with Crippen LogP contribution in [-0.4, -0.2) is 65.2 Å². The molecule has 0 fully saturated rings. The zero-order valence-electron chi connectivity index (χ0n) is 15.8. The molecule has 8 nitrogen and oxygen atoms in total. The van der Waals surface area contributed by atoms with E-state index in [0.29, 0.717) is 17.1 Å². The maximum atomic E-state index is 10.6. The van der Waals surface area contributed by atoms with E-state index < -0.39 is 24.9 Å². The van der Waals surface area contributed by atoms with Crippen molar-refractivity contribution in [3.05, 3.63) is 47.5 Å². The number of benzene rings is 2. The van der Waals surface area contributed by atoms with Crippen LogP contribution in [0.2, 0.25) is 0 Å². The Morgan fingerprint density at radius 3 is 2.18 bits per heavy atom. The summed E-state index contributed by atoms with van der Waals surface area (Å²) < 4.78 is 16.1. The number of phenols is 1. The highest BCUT2D eigenvalue weighted by atomic mass is 16.5. The zero-order chi connectivity index (χ0) is 20.7. The smallest absolute Gasteiger partial charge is 0.161 e. The lowest BCUT2D eigenvalue weighted by Gasteiger charge is -2.24. The number of hydrogen-bond donors (Lipinski definition) is 5. The van der Waals surface area contributed by atoms with Crippen molar-refractivity contribution >= 4 is 0 Å². The van der Waals surface area contributed by atoms with Gasteiger partial charge in [-0.1, -0.05) is 12.1 Å². The predicted molar refractivity (Wildman–Crippen MR) is 101 cm³/mol. The summed E-state index contributed by atoms with van der Waals surface area (Å²) in [6.45, 7) is -0.825. The molecule has 0 heterocycles. The van der Waals surface area contributed by atoms with Crippen molar-refractivity contribution in [2.75, 3.05) is 27.4 Å². The van der Waals surface area contributed by atoms with Crippen LogP contribution in [0.5, 0.6) is 23.0 Å². The molecule has 2 aromatic rings. The van der Waals surface area contributed by atoms with E-state index >= 15 is 0 Å². The van der Waals surface area contributed by atoms with E-state index in [4.69, 9.17) is 19.3 Å². The molecule has 3 atom stereocenters. The predicted octanol–water partition coefficient (Wildman–Crippen LogP) is 0.778. The Morgan fingerprint density at radius 1 is 0.857 bits per heavy atom. The SMILES string of the molecule is COc1cc([C@H](O)[C@H](CO)Oc2ccc(C[C@H](O)CO)cc2OC)ccc1O. The second-order valence-corrected chi connectivity index (χ2v) is 6.24. The van der Waals surface area contributed by atoms with Crippen molar-refractivity contribution in [2.24, 2.45) is 0 Å². The monoisotopic (exact) mass is 394 g/mol. The van der Waals surface area contributed by atoms with Gasteiger partial charge in [0.1, 0.15) is 6.10 Å². The molecule has 0 aliphatic carbocycles. The highest BCUT2D eigenvalue weighted by molar-refractivity contribution is 5.44. The molecule has 2 aromatic carbocycles. The lowest BCUT2D eigenvalue weighted by molar-refractivity contribution is -0.000533. The second kappa shape index (κ2) is 10.1. The average Bonchev–Trinajstić information content (AvgIpc) is 2.72. The zero-order valence-corrected chi connectivity index (χ0v) is 15.8. The van der Waals surface area contributed by atoms with Crippen molar-refractivity contribution in [2.45, 2.75) is 24.7 Å². The van der Waals surface area contributed by atoms with Crippen LogP contribution in [0, 0.1) is 0 Å². The summed E-state index contributed by atoms with van der Waals surface area (Å²) in [6.07, 6.45) is -2.84. The van der Waals surface area contributed by atoms with Crippen molar-refractivity contribution in [3.8, 4) is 23.0 Å². The highest BCUT2D eigenvalue weighted by Crippen LogP contribution is 2.34. The van der Waals surface area contributed by atoms with Crippen molar-refractivity contribution < 1.29 is 39.7 Å². The van der Waals surface area contributed by atoms with E-state index in [1.54, 1.807) is 18.2 Å². The van der Waals surface area contributed by atoms with Gasteiger partial charge in [-0.2, -0.15) is 0 Å². The van der Waals surface area contributed by atoms with Gasteiger partial charge in [0.2, 0.25) is 0 Å². The Morgan fingerprint density at radius 2 is 1.57 bits per heavy atom. The van der Waals surface area contributed by atoms with E-state index in [9.17, 15) is 20.4 Å². The molecule has 0 saturated carbocycles. The number of rotatable bonds is 10. The normalized spacial score (nSPS) is 14.2. The van der Waals surface area contributed by atoms with Gasteiger partial charge in [0.15, 0.2) is 29.1 Å². The molecule has 5 N–H and O–H groups in total. The molecule has 0 bridgehead atoms. The Hall–Kier alpha value is -2.52. The number of ether oxygens (including phenoxy) is 3. The summed E-state index contributed by atoms with van der Waals surface area (Å²) in [4.78, 5) is 0. The molecule has 8 heteroatoms. The highest BCUT2D eigenvalue weighted by Gasteiger charge is 2.24. The van der Waals surface area contributed by atoms with E-state index in [-0.39, 0.29) is 24.5 Å². The Balaban J connectivity index is 2.21. The number of phenolic OH excluding ortho intramolecular Hbond substituents is 1. The van der Waals surface area contributed by atoms with Gasteiger partial charge in [0, 0.05) is 6.42 Å². The molecule has 0 aromatic heterocycles. The first kappa shape index (κ1) is 21.8. The molecule has 0 saturated heterocycles. The topological polar surface area (TPSA) is 129 Å². The number of aliphatic hydroxyl groups is 4. The second-order valence-electron chi connectivity index (χ2n) is 6.24. The standard InChI is InChI=1S/C20H26O8/c1-26-17-9-13(4-5-15(17)24)20(25)19(11-22)28-16-6-3-12(7-14(23)10-21)8-18(16)27-2/h3-6,8-9,14,19-25H,7,10-11H2,1-2H3/t14-,19-,20-/m0/s1. The van der Waals surface area contributed by atoms with Crippen LogP contribution < -0.4 is 14.2 Å². The van der Waals surface area contributed by atoms with Gasteiger partial charge in [-0.25, -0.2) is 0 Å². The fourth-order valence-corrected chi connectivity index (χ4v) is 2.73. The van der Waals surface area contributed by atoms with Gasteiger partial charge in [-0.05, 0) is 35.4 Å². The van der Waals surface area contributed by atoms with Crippen LogP contribution >= 0.6 is 0 Å². The minimum atomic E-state index is -1.19. The average molecular weight is 394 g/mol. The number of methoxy groups -OCH3 is 2. The molecular weight excluding hydrogens is 368 g/mol. The molecule has 0 unspecified atom stereocenters. The van der Waals surface area contributed by atoms with E-state index in [1.807, 2.05) is 0 Å². The van der Waals surface area contributed by atoms with Crippen molar-refractivity contribution in [1.29, 1.82) is 0 Å². The van der Waals surface area contributed by atoms with E-state index in [2.05, 4.69) is 0 Å². The fourth-order valence-electron chi connectivity index (χ4n) is 2.73. The molecule has 0 spiro atoms. The van der Waals surface area contributed by atoms with E-state index in [1.165, 1.54) is 32.4 Å². The molecular formula is C20H26O8. The van der Waals surface area contributed by atoms with Crippen molar-refractivity contribution in [1.82, 2.24) is 0 Å².